The summed E-state index contributed by atoms with van der Waals surface area (Å²) in [5.41, 5.74) is 0. The Hall–Kier alpha value is -0.930. The van der Waals surface area contributed by atoms with Gasteiger partial charge in [-0.15, -0.1) is 11.3 Å². The third-order valence-corrected chi connectivity index (χ3v) is 6.44. The lowest BCUT2D eigenvalue weighted by molar-refractivity contribution is 0.128. The second-order valence-electron chi connectivity index (χ2n) is 6.52. The zero-order chi connectivity index (χ0) is 13.7. The molecular formula is C17H19FOS. The standard InChI is InChI=1S/C17H19FOS/c18-14-4-3-12-8-17(20-16(12)9-14)15(19)7-13-6-10-1-2-11(13)5-10/h3-4,8-11,13,15,19H,1-2,5-7H2. The molecule has 0 saturated heterocycles. The first kappa shape index (κ1) is 12.8. The van der Waals surface area contributed by atoms with Crippen LogP contribution < -0.4 is 0 Å². The summed E-state index contributed by atoms with van der Waals surface area (Å²) in [6, 6.07) is 6.88. The second-order valence-corrected chi connectivity index (χ2v) is 7.63. The predicted octanol–water partition coefficient (Wildman–Crippen LogP) is 4.90. The van der Waals surface area contributed by atoms with Crippen molar-refractivity contribution in [1.29, 1.82) is 0 Å². The number of halogens is 1. The average molecular weight is 290 g/mol. The van der Waals surface area contributed by atoms with E-state index in [1.54, 1.807) is 12.1 Å². The van der Waals surface area contributed by atoms with Crippen molar-refractivity contribution in [2.45, 2.75) is 38.2 Å². The molecular weight excluding hydrogens is 271 g/mol. The zero-order valence-electron chi connectivity index (χ0n) is 11.4. The molecule has 4 unspecified atom stereocenters. The van der Waals surface area contributed by atoms with Crippen molar-refractivity contribution in [3.63, 3.8) is 0 Å². The molecule has 1 aromatic heterocycles. The smallest absolute Gasteiger partial charge is 0.124 e. The summed E-state index contributed by atoms with van der Waals surface area (Å²) in [6.45, 7) is 0. The number of rotatable bonds is 3. The first-order valence-corrected chi connectivity index (χ1v) is 8.38. The quantitative estimate of drug-likeness (QED) is 0.852. The Bertz CT molecular complexity index is 635. The Balaban J connectivity index is 1.53. The van der Waals surface area contributed by atoms with Crippen LogP contribution in [-0.4, -0.2) is 5.11 Å². The lowest BCUT2D eigenvalue weighted by atomic mass is 9.84. The molecule has 20 heavy (non-hydrogen) atoms. The van der Waals surface area contributed by atoms with Gasteiger partial charge in [0.05, 0.1) is 6.10 Å². The van der Waals surface area contributed by atoms with E-state index in [1.165, 1.54) is 43.1 Å². The van der Waals surface area contributed by atoms with Gasteiger partial charge in [-0.3, -0.25) is 0 Å². The molecule has 4 atom stereocenters. The molecule has 0 amide bonds. The highest BCUT2D eigenvalue weighted by molar-refractivity contribution is 7.19. The first-order chi connectivity index (χ1) is 9.69. The Morgan fingerprint density at radius 3 is 2.90 bits per heavy atom. The van der Waals surface area contributed by atoms with E-state index < -0.39 is 0 Å². The van der Waals surface area contributed by atoms with Gasteiger partial charge >= 0.3 is 0 Å². The first-order valence-electron chi connectivity index (χ1n) is 7.56. The molecule has 1 heterocycles. The van der Waals surface area contributed by atoms with Crippen molar-refractivity contribution < 1.29 is 9.50 Å². The normalized spacial score (nSPS) is 30.2. The van der Waals surface area contributed by atoms with Gasteiger partial charge in [0.25, 0.3) is 0 Å². The van der Waals surface area contributed by atoms with E-state index in [1.807, 2.05) is 6.07 Å². The van der Waals surface area contributed by atoms with Gasteiger partial charge in [-0.25, -0.2) is 4.39 Å². The van der Waals surface area contributed by atoms with Crippen molar-refractivity contribution in [3.05, 3.63) is 35.0 Å². The van der Waals surface area contributed by atoms with Gasteiger partial charge in [0.15, 0.2) is 0 Å². The summed E-state index contributed by atoms with van der Waals surface area (Å²) in [4.78, 5) is 0.994. The minimum atomic E-state index is -0.375. The fourth-order valence-corrected chi connectivity index (χ4v) is 5.35. The number of fused-ring (bicyclic) bond motifs is 3. The minimum Gasteiger partial charge on any atom is -0.388 e. The van der Waals surface area contributed by atoms with Crippen LogP contribution in [0.15, 0.2) is 24.3 Å². The summed E-state index contributed by atoms with van der Waals surface area (Å²) < 4.78 is 14.2. The van der Waals surface area contributed by atoms with Crippen LogP contribution >= 0.6 is 11.3 Å². The average Bonchev–Trinajstić information content (AvgIpc) is 3.11. The second kappa shape index (κ2) is 4.81. The lowest BCUT2D eigenvalue weighted by Gasteiger charge is -2.23. The predicted molar refractivity (Wildman–Crippen MR) is 80.3 cm³/mol. The maximum Gasteiger partial charge on any atom is 0.124 e. The van der Waals surface area contributed by atoms with Crippen LogP contribution in [0.5, 0.6) is 0 Å². The van der Waals surface area contributed by atoms with Crippen molar-refractivity contribution in [2.75, 3.05) is 0 Å². The van der Waals surface area contributed by atoms with E-state index in [0.717, 1.165) is 33.2 Å². The van der Waals surface area contributed by atoms with Crippen LogP contribution in [0.25, 0.3) is 10.1 Å². The molecule has 0 aliphatic heterocycles. The molecule has 0 spiro atoms. The molecule has 1 N–H and O–H groups in total. The SMILES string of the molecule is OC(CC1CC2CCC1C2)c1cc2ccc(F)cc2s1. The minimum absolute atomic E-state index is 0.200. The van der Waals surface area contributed by atoms with Crippen molar-refractivity contribution >= 4 is 21.4 Å². The third kappa shape index (κ3) is 2.17. The van der Waals surface area contributed by atoms with Crippen LogP contribution in [0.2, 0.25) is 0 Å². The molecule has 1 nitrogen and oxygen atoms in total. The Morgan fingerprint density at radius 1 is 1.25 bits per heavy atom. The number of benzene rings is 1. The summed E-state index contributed by atoms with van der Waals surface area (Å²) in [5.74, 6) is 2.27. The zero-order valence-corrected chi connectivity index (χ0v) is 12.2. The van der Waals surface area contributed by atoms with Gasteiger partial charge in [0.1, 0.15) is 5.82 Å². The fraction of sp³-hybridized carbons (Fsp3) is 0.529. The monoisotopic (exact) mass is 290 g/mol. The van der Waals surface area contributed by atoms with Crippen molar-refractivity contribution in [2.24, 2.45) is 17.8 Å². The molecule has 3 heteroatoms. The highest BCUT2D eigenvalue weighted by atomic mass is 32.1. The molecule has 0 radical (unpaired) electrons. The van der Waals surface area contributed by atoms with Crippen LogP contribution in [0.1, 0.15) is 43.1 Å². The number of aliphatic hydroxyl groups excluding tert-OH is 1. The number of aliphatic hydroxyl groups is 1. The van der Waals surface area contributed by atoms with Gasteiger partial charge < -0.3 is 5.11 Å². The molecule has 2 bridgehead atoms. The molecule has 2 aliphatic carbocycles. The Kier molecular flexibility index (Phi) is 3.08. The largest absolute Gasteiger partial charge is 0.388 e. The van der Waals surface area contributed by atoms with Crippen molar-refractivity contribution in [3.8, 4) is 0 Å². The van der Waals surface area contributed by atoms with Crippen LogP contribution in [0, 0.1) is 23.6 Å². The highest BCUT2D eigenvalue weighted by Crippen LogP contribution is 2.51. The van der Waals surface area contributed by atoms with Gasteiger partial charge in [0, 0.05) is 9.58 Å². The fourth-order valence-electron chi connectivity index (χ4n) is 4.26. The maximum atomic E-state index is 13.2. The van der Waals surface area contributed by atoms with E-state index in [9.17, 15) is 9.50 Å². The summed E-state index contributed by atoms with van der Waals surface area (Å²) in [6.07, 6.45) is 5.96. The Labute approximate surface area is 122 Å². The van der Waals surface area contributed by atoms with E-state index in [0.29, 0.717) is 5.92 Å². The topological polar surface area (TPSA) is 20.2 Å². The number of hydrogen-bond acceptors (Lipinski definition) is 2. The molecule has 106 valence electrons. The summed E-state index contributed by atoms with van der Waals surface area (Å²) in [5, 5.41) is 11.5. The lowest BCUT2D eigenvalue weighted by Crippen LogP contribution is -2.13. The van der Waals surface area contributed by atoms with Gasteiger partial charge in [0.2, 0.25) is 0 Å². The van der Waals surface area contributed by atoms with Gasteiger partial charge in [-0.1, -0.05) is 12.5 Å². The van der Waals surface area contributed by atoms with Gasteiger partial charge in [-0.05, 0) is 67.0 Å². The summed E-state index contributed by atoms with van der Waals surface area (Å²) >= 11 is 1.53. The van der Waals surface area contributed by atoms with E-state index >= 15 is 0 Å². The van der Waals surface area contributed by atoms with E-state index in [-0.39, 0.29) is 11.9 Å². The maximum absolute atomic E-state index is 13.2. The molecule has 1 aromatic carbocycles. The Morgan fingerprint density at radius 2 is 2.15 bits per heavy atom. The molecule has 2 fully saturated rings. The van der Waals surface area contributed by atoms with Crippen LogP contribution in [0.3, 0.4) is 0 Å². The molecule has 4 rings (SSSR count). The van der Waals surface area contributed by atoms with E-state index in [2.05, 4.69) is 0 Å². The number of thiophene rings is 1. The summed E-state index contributed by atoms with van der Waals surface area (Å²) in [7, 11) is 0. The number of hydrogen-bond donors (Lipinski definition) is 1. The van der Waals surface area contributed by atoms with Crippen LogP contribution in [-0.2, 0) is 0 Å². The van der Waals surface area contributed by atoms with E-state index in [4.69, 9.17) is 0 Å². The highest BCUT2D eigenvalue weighted by Gasteiger charge is 2.40. The van der Waals surface area contributed by atoms with Crippen molar-refractivity contribution in [1.82, 2.24) is 0 Å². The third-order valence-electron chi connectivity index (χ3n) is 5.24. The van der Waals surface area contributed by atoms with Crippen LogP contribution in [0.4, 0.5) is 4.39 Å². The van der Waals surface area contributed by atoms with Gasteiger partial charge in [-0.2, -0.15) is 0 Å². The molecule has 2 aliphatic rings. The molecule has 2 saturated carbocycles. The molecule has 2 aromatic rings.